The first kappa shape index (κ1) is 16.5. The maximum absolute atomic E-state index is 13.6. The summed E-state index contributed by atoms with van der Waals surface area (Å²) >= 11 is 0. The van der Waals surface area contributed by atoms with Crippen LogP contribution in [0.4, 0.5) is 4.39 Å². The molecule has 2 aromatic rings. The maximum atomic E-state index is 13.6. The van der Waals surface area contributed by atoms with Crippen LogP contribution in [0, 0.1) is 5.82 Å². The van der Waals surface area contributed by atoms with Crippen molar-refractivity contribution in [2.24, 2.45) is 0 Å². The highest BCUT2D eigenvalue weighted by Gasteiger charge is 2.36. The van der Waals surface area contributed by atoms with Crippen molar-refractivity contribution in [1.29, 1.82) is 0 Å². The van der Waals surface area contributed by atoms with Gasteiger partial charge in [-0.1, -0.05) is 36.9 Å². The van der Waals surface area contributed by atoms with Gasteiger partial charge in [-0.15, -0.1) is 0 Å². The summed E-state index contributed by atoms with van der Waals surface area (Å²) in [6.07, 6.45) is 1.66. The molecule has 132 valence electrons. The van der Waals surface area contributed by atoms with E-state index in [-0.39, 0.29) is 30.2 Å². The summed E-state index contributed by atoms with van der Waals surface area (Å²) in [5, 5.41) is 0. The Morgan fingerprint density at radius 3 is 2.65 bits per heavy atom. The Labute approximate surface area is 151 Å². The van der Waals surface area contributed by atoms with Gasteiger partial charge < -0.3 is 4.90 Å². The number of amides is 2. The molecule has 0 aromatic heterocycles. The van der Waals surface area contributed by atoms with Gasteiger partial charge in [-0.05, 0) is 36.6 Å². The number of carbonyl (C=O) groups is 2. The van der Waals surface area contributed by atoms with Crippen LogP contribution in [0.3, 0.4) is 0 Å². The molecule has 0 bridgehead atoms. The molecule has 0 unspecified atom stereocenters. The molecule has 2 aliphatic heterocycles. The summed E-state index contributed by atoms with van der Waals surface area (Å²) in [4.78, 5) is 28.7. The van der Waals surface area contributed by atoms with Crippen LogP contribution in [-0.2, 0) is 4.79 Å². The van der Waals surface area contributed by atoms with Gasteiger partial charge in [0.1, 0.15) is 12.4 Å². The highest BCUT2D eigenvalue weighted by Crippen LogP contribution is 2.34. The molecule has 0 radical (unpaired) electrons. The Morgan fingerprint density at radius 2 is 1.92 bits per heavy atom. The van der Waals surface area contributed by atoms with Gasteiger partial charge in [0.25, 0.3) is 5.91 Å². The second-order valence-corrected chi connectivity index (χ2v) is 6.68. The second-order valence-electron chi connectivity index (χ2n) is 6.68. The molecule has 1 atom stereocenters. The molecule has 2 aliphatic rings. The molecule has 5 heteroatoms. The standard InChI is InChI=1S/C21H19FN2O2/c1-14-17-8-2-3-9-18(17)21(26)24(14)13-20(25)23-11-5-10-19(23)15-6-4-7-16(22)12-15/h2-4,6-9,12,19H,1,5,10-11,13H2/t19-/m1/s1. The van der Waals surface area contributed by atoms with Crippen molar-refractivity contribution in [3.63, 3.8) is 0 Å². The minimum atomic E-state index is -0.305. The third-order valence-corrected chi connectivity index (χ3v) is 5.14. The highest BCUT2D eigenvalue weighted by atomic mass is 19.1. The van der Waals surface area contributed by atoms with Gasteiger partial charge in [-0.2, -0.15) is 0 Å². The van der Waals surface area contributed by atoms with E-state index in [2.05, 4.69) is 6.58 Å². The van der Waals surface area contributed by atoms with Gasteiger partial charge >= 0.3 is 0 Å². The van der Waals surface area contributed by atoms with Crippen LogP contribution in [-0.4, -0.2) is 34.7 Å². The largest absolute Gasteiger partial charge is 0.334 e. The molecule has 0 spiro atoms. The number of benzene rings is 2. The van der Waals surface area contributed by atoms with Crippen LogP contribution in [0.25, 0.3) is 5.70 Å². The van der Waals surface area contributed by atoms with E-state index in [1.54, 1.807) is 23.1 Å². The fourth-order valence-corrected chi connectivity index (χ4v) is 3.85. The topological polar surface area (TPSA) is 40.6 Å². The lowest BCUT2D eigenvalue weighted by Gasteiger charge is -2.27. The Morgan fingerprint density at radius 1 is 1.15 bits per heavy atom. The lowest BCUT2D eigenvalue weighted by atomic mass is 10.0. The maximum Gasteiger partial charge on any atom is 0.259 e. The van der Waals surface area contributed by atoms with Crippen molar-refractivity contribution in [2.45, 2.75) is 18.9 Å². The van der Waals surface area contributed by atoms with Crippen LogP contribution in [0.1, 0.15) is 40.4 Å². The van der Waals surface area contributed by atoms with Crippen molar-refractivity contribution in [3.05, 3.63) is 77.6 Å². The van der Waals surface area contributed by atoms with Crippen LogP contribution in [0.2, 0.25) is 0 Å². The number of halogens is 1. The van der Waals surface area contributed by atoms with Gasteiger partial charge in [0, 0.05) is 23.4 Å². The zero-order valence-electron chi connectivity index (χ0n) is 14.3. The van der Waals surface area contributed by atoms with Crippen molar-refractivity contribution in [1.82, 2.24) is 9.80 Å². The number of hydrogen-bond acceptors (Lipinski definition) is 2. The zero-order valence-corrected chi connectivity index (χ0v) is 14.3. The molecule has 4 nitrogen and oxygen atoms in total. The van der Waals surface area contributed by atoms with E-state index in [9.17, 15) is 14.0 Å². The smallest absolute Gasteiger partial charge is 0.259 e. The lowest BCUT2D eigenvalue weighted by Crippen LogP contribution is -2.39. The minimum absolute atomic E-state index is 0.0435. The summed E-state index contributed by atoms with van der Waals surface area (Å²) in [6, 6.07) is 13.5. The SMILES string of the molecule is C=C1c2ccccc2C(=O)N1CC(=O)N1CCC[C@@H]1c1cccc(F)c1. The molecule has 1 fully saturated rings. The number of rotatable bonds is 3. The normalized spacial score (nSPS) is 19.2. The molecular formula is C21H19FN2O2. The molecule has 0 saturated carbocycles. The molecular weight excluding hydrogens is 331 g/mol. The van der Waals surface area contributed by atoms with Gasteiger partial charge in [-0.25, -0.2) is 4.39 Å². The van der Waals surface area contributed by atoms with E-state index in [0.717, 1.165) is 24.0 Å². The van der Waals surface area contributed by atoms with Crippen LogP contribution in [0.5, 0.6) is 0 Å². The molecule has 0 N–H and O–H groups in total. The Balaban J connectivity index is 1.53. The first-order valence-electron chi connectivity index (χ1n) is 8.71. The van der Waals surface area contributed by atoms with Crippen LogP contribution in [0.15, 0.2) is 55.1 Å². The van der Waals surface area contributed by atoms with Gasteiger partial charge in [-0.3, -0.25) is 14.5 Å². The second kappa shape index (κ2) is 6.41. The van der Waals surface area contributed by atoms with Crippen molar-refractivity contribution < 1.29 is 14.0 Å². The van der Waals surface area contributed by atoms with Crippen molar-refractivity contribution in [3.8, 4) is 0 Å². The number of likely N-dealkylation sites (tertiary alicyclic amines) is 1. The predicted molar refractivity (Wildman–Crippen MR) is 96.6 cm³/mol. The van der Waals surface area contributed by atoms with Crippen LogP contribution >= 0.6 is 0 Å². The number of hydrogen-bond donors (Lipinski definition) is 0. The molecule has 26 heavy (non-hydrogen) atoms. The molecule has 4 rings (SSSR count). The monoisotopic (exact) mass is 350 g/mol. The Kier molecular flexibility index (Phi) is 4.07. The zero-order chi connectivity index (χ0) is 18.3. The first-order valence-corrected chi connectivity index (χ1v) is 8.71. The van der Waals surface area contributed by atoms with E-state index < -0.39 is 0 Å². The van der Waals surface area contributed by atoms with E-state index in [0.29, 0.717) is 17.8 Å². The first-order chi connectivity index (χ1) is 12.6. The molecule has 2 amide bonds. The molecule has 2 heterocycles. The van der Waals surface area contributed by atoms with E-state index in [4.69, 9.17) is 0 Å². The summed E-state index contributed by atoms with van der Waals surface area (Å²) in [7, 11) is 0. The van der Waals surface area contributed by atoms with Crippen LogP contribution < -0.4 is 0 Å². The number of fused-ring (bicyclic) bond motifs is 1. The summed E-state index contributed by atoms with van der Waals surface area (Å²) in [5.41, 5.74) is 2.70. The third kappa shape index (κ3) is 2.69. The molecule has 1 saturated heterocycles. The number of nitrogens with zero attached hydrogens (tertiary/aromatic N) is 2. The predicted octanol–water partition coefficient (Wildman–Crippen LogP) is 3.62. The summed E-state index contributed by atoms with van der Waals surface area (Å²) in [5.74, 6) is -0.639. The molecule has 2 aromatic carbocycles. The Hall–Kier alpha value is -2.95. The average molecular weight is 350 g/mol. The van der Waals surface area contributed by atoms with Gasteiger partial charge in [0.15, 0.2) is 0 Å². The number of carbonyl (C=O) groups excluding carboxylic acids is 2. The average Bonchev–Trinajstić information content (AvgIpc) is 3.22. The third-order valence-electron chi connectivity index (χ3n) is 5.14. The molecule has 0 aliphatic carbocycles. The Bertz CT molecular complexity index is 873. The van der Waals surface area contributed by atoms with E-state index >= 15 is 0 Å². The minimum Gasteiger partial charge on any atom is -0.334 e. The van der Waals surface area contributed by atoms with Crippen molar-refractivity contribution in [2.75, 3.05) is 13.1 Å². The summed E-state index contributed by atoms with van der Waals surface area (Å²) in [6.45, 7) is 4.55. The van der Waals surface area contributed by atoms with Gasteiger partial charge in [0.2, 0.25) is 5.91 Å². The lowest BCUT2D eigenvalue weighted by molar-refractivity contribution is -0.132. The fourth-order valence-electron chi connectivity index (χ4n) is 3.85. The highest BCUT2D eigenvalue weighted by molar-refractivity contribution is 6.10. The summed E-state index contributed by atoms with van der Waals surface area (Å²) < 4.78 is 13.6. The van der Waals surface area contributed by atoms with E-state index in [1.165, 1.54) is 17.0 Å². The van der Waals surface area contributed by atoms with E-state index in [1.807, 2.05) is 18.2 Å². The quantitative estimate of drug-likeness (QED) is 0.848. The fraction of sp³-hybridized carbons (Fsp3) is 0.238. The van der Waals surface area contributed by atoms with Gasteiger partial charge in [0.05, 0.1) is 6.04 Å². The van der Waals surface area contributed by atoms with Crippen molar-refractivity contribution >= 4 is 17.5 Å².